The standard InChI is InChI=1S/C25H26N4/c1-2-4-23-15-20(5-6-21(23)3-1)16-24-17-27-28-25(24)22-9-13-29(14-10-22)18-19-7-11-26-12-8-19/h1-8,11-12,15,17,22H,9-10,13-14,16,18H2,(H,27,28). The molecule has 0 aliphatic carbocycles. The van der Waals surface area contributed by atoms with Crippen LogP contribution in [0.3, 0.4) is 0 Å². The van der Waals surface area contributed by atoms with E-state index >= 15 is 0 Å². The Morgan fingerprint density at radius 3 is 2.52 bits per heavy atom. The van der Waals surface area contributed by atoms with Crippen LogP contribution in [-0.4, -0.2) is 33.2 Å². The average molecular weight is 383 g/mol. The van der Waals surface area contributed by atoms with E-state index in [0.717, 1.165) is 26.1 Å². The van der Waals surface area contributed by atoms with Crippen molar-refractivity contribution in [3.05, 3.63) is 95.6 Å². The largest absolute Gasteiger partial charge is 0.299 e. The van der Waals surface area contributed by atoms with Crippen molar-refractivity contribution in [3.63, 3.8) is 0 Å². The smallest absolute Gasteiger partial charge is 0.0525 e. The Morgan fingerprint density at radius 2 is 1.69 bits per heavy atom. The van der Waals surface area contributed by atoms with Gasteiger partial charge in [-0.25, -0.2) is 0 Å². The maximum Gasteiger partial charge on any atom is 0.0525 e. The van der Waals surface area contributed by atoms with Crippen LogP contribution in [-0.2, 0) is 13.0 Å². The van der Waals surface area contributed by atoms with Gasteiger partial charge in [0.15, 0.2) is 0 Å². The molecular formula is C25H26N4. The van der Waals surface area contributed by atoms with E-state index in [4.69, 9.17) is 0 Å². The van der Waals surface area contributed by atoms with Crippen molar-refractivity contribution in [2.24, 2.45) is 0 Å². The highest BCUT2D eigenvalue weighted by atomic mass is 15.1. The number of nitrogens with one attached hydrogen (secondary N) is 1. The van der Waals surface area contributed by atoms with Gasteiger partial charge in [0.25, 0.3) is 0 Å². The zero-order chi connectivity index (χ0) is 19.5. The summed E-state index contributed by atoms with van der Waals surface area (Å²) >= 11 is 0. The maximum absolute atomic E-state index is 4.40. The van der Waals surface area contributed by atoms with Crippen LogP contribution >= 0.6 is 0 Å². The van der Waals surface area contributed by atoms with E-state index in [1.807, 2.05) is 18.6 Å². The van der Waals surface area contributed by atoms with Crippen LogP contribution in [0.15, 0.2) is 73.2 Å². The van der Waals surface area contributed by atoms with Gasteiger partial charge in [-0.05, 0) is 65.5 Å². The van der Waals surface area contributed by atoms with Crippen LogP contribution < -0.4 is 0 Å². The zero-order valence-electron chi connectivity index (χ0n) is 16.6. The summed E-state index contributed by atoms with van der Waals surface area (Å²) in [5.74, 6) is 0.571. The zero-order valence-corrected chi connectivity index (χ0v) is 16.6. The van der Waals surface area contributed by atoms with E-state index in [2.05, 4.69) is 74.7 Å². The fourth-order valence-electron chi connectivity index (χ4n) is 4.51. The van der Waals surface area contributed by atoms with E-state index in [1.165, 1.54) is 46.0 Å². The topological polar surface area (TPSA) is 44.8 Å². The molecule has 0 saturated carbocycles. The Labute approximate surface area is 171 Å². The molecule has 3 heterocycles. The van der Waals surface area contributed by atoms with Crippen molar-refractivity contribution in [2.75, 3.05) is 13.1 Å². The lowest BCUT2D eigenvalue weighted by molar-refractivity contribution is 0.203. The quantitative estimate of drug-likeness (QED) is 0.532. The van der Waals surface area contributed by atoms with Gasteiger partial charge in [0, 0.05) is 37.0 Å². The molecular weight excluding hydrogens is 356 g/mol. The fourth-order valence-corrected chi connectivity index (χ4v) is 4.51. The molecule has 1 aliphatic rings. The van der Waals surface area contributed by atoms with Crippen molar-refractivity contribution in [2.45, 2.75) is 31.7 Å². The monoisotopic (exact) mass is 382 g/mol. The second-order valence-electron chi connectivity index (χ2n) is 8.07. The molecule has 0 bridgehead atoms. The molecule has 1 aliphatic heterocycles. The first-order valence-corrected chi connectivity index (χ1v) is 10.5. The third-order valence-electron chi connectivity index (χ3n) is 6.11. The van der Waals surface area contributed by atoms with Gasteiger partial charge in [0.1, 0.15) is 0 Å². The average Bonchev–Trinajstić information content (AvgIpc) is 3.23. The molecule has 146 valence electrons. The van der Waals surface area contributed by atoms with Crippen LogP contribution in [0.5, 0.6) is 0 Å². The number of aromatic amines is 1. The third kappa shape index (κ3) is 4.08. The van der Waals surface area contributed by atoms with E-state index in [9.17, 15) is 0 Å². The summed E-state index contributed by atoms with van der Waals surface area (Å²) in [6.07, 6.45) is 9.08. The number of nitrogens with zero attached hydrogens (tertiary/aromatic N) is 3. The number of piperidine rings is 1. The first-order valence-electron chi connectivity index (χ1n) is 10.5. The molecule has 29 heavy (non-hydrogen) atoms. The number of likely N-dealkylation sites (tertiary alicyclic amines) is 1. The van der Waals surface area contributed by atoms with Crippen LogP contribution in [0, 0.1) is 0 Å². The van der Waals surface area contributed by atoms with Crippen molar-refractivity contribution in [3.8, 4) is 0 Å². The number of pyridine rings is 1. The molecule has 2 aromatic carbocycles. The Balaban J connectivity index is 1.25. The van der Waals surface area contributed by atoms with Crippen molar-refractivity contribution in [1.82, 2.24) is 20.1 Å². The highest BCUT2D eigenvalue weighted by Crippen LogP contribution is 2.30. The highest BCUT2D eigenvalue weighted by molar-refractivity contribution is 5.83. The summed E-state index contributed by atoms with van der Waals surface area (Å²) in [7, 11) is 0. The molecule has 0 unspecified atom stereocenters. The van der Waals surface area contributed by atoms with E-state index < -0.39 is 0 Å². The van der Waals surface area contributed by atoms with Gasteiger partial charge in [0.05, 0.1) is 6.20 Å². The predicted octanol–water partition coefficient (Wildman–Crippen LogP) is 4.93. The van der Waals surface area contributed by atoms with Crippen molar-refractivity contribution in [1.29, 1.82) is 0 Å². The number of benzene rings is 2. The number of aromatic nitrogens is 3. The van der Waals surface area contributed by atoms with Gasteiger partial charge in [-0.1, -0.05) is 42.5 Å². The molecule has 1 fully saturated rings. The van der Waals surface area contributed by atoms with Crippen LogP contribution in [0.4, 0.5) is 0 Å². The van der Waals surface area contributed by atoms with Gasteiger partial charge in [-0.3, -0.25) is 15.0 Å². The van der Waals surface area contributed by atoms with Gasteiger partial charge in [-0.15, -0.1) is 0 Å². The molecule has 4 nitrogen and oxygen atoms in total. The lowest BCUT2D eigenvalue weighted by Crippen LogP contribution is -2.32. The first-order chi connectivity index (χ1) is 14.3. The summed E-state index contributed by atoms with van der Waals surface area (Å²) in [4.78, 5) is 6.66. The molecule has 4 aromatic rings. The minimum absolute atomic E-state index is 0.571. The second-order valence-corrected chi connectivity index (χ2v) is 8.07. The molecule has 0 atom stereocenters. The van der Waals surface area contributed by atoms with Gasteiger partial charge in [0.2, 0.25) is 0 Å². The maximum atomic E-state index is 4.40. The van der Waals surface area contributed by atoms with Gasteiger partial charge < -0.3 is 0 Å². The van der Waals surface area contributed by atoms with Gasteiger partial charge >= 0.3 is 0 Å². The van der Waals surface area contributed by atoms with Gasteiger partial charge in [-0.2, -0.15) is 5.10 Å². The van der Waals surface area contributed by atoms with Crippen molar-refractivity contribution >= 4 is 10.8 Å². The Morgan fingerprint density at radius 1 is 0.897 bits per heavy atom. The summed E-state index contributed by atoms with van der Waals surface area (Å²) in [6, 6.07) is 19.6. The molecule has 0 spiro atoms. The molecule has 4 heteroatoms. The lowest BCUT2D eigenvalue weighted by Gasteiger charge is -2.32. The highest BCUT2D eigenvalue weighted by Gasteiger charge is 2.24. The number of hydrogen-bond acceptors (Lipinski definition) is 3. The minimum atomic E-state index is 0.571. The number of fused-ring (bicyclic) bond motifs is 1. The van der Waals surface area contributed by atoms with Crippen LogP contribution in [0.1, 0.15) is 41.1 Å². The summed E-state index contributed by atoms with van der Waals surface area (Å²) in [5.41, 5.74) is 5.37. The molecule has 5 rings (SSSR count). The summed E-state index contributed by atoms with van der Waals surface area (Å²) < 4.78 is 0. The number of H-pyrrole nitrogens is 1. The van der Waals surface area contributed by atoms with E-state index in [1.54, 1.807) is 0 Å². The molecule has 2 aromatic heterocycles. The fraction of sp³-hybridized carbons (Fsp3) is 0.280. The minimum Gasteiger partial charge on any atom is -0.299 e. The number of hydrogen-bond donors (Lipinski definition) is 1. The Bertz CT molecular complexity index is 1080. The predicted molar refractivity (Wildman–Crippen MR) is 117 cm³/mol. The lowest BCUT2D eigenvalue weighted by atomic mass is 9.89. The van der Waals surface area contributed by atoms with Crippen LogP contribution in [0.2, 0.25) is 0 Å². The van der Waals surface area contributed by atoms with E-state index in [0.29, 0.717) is 5.92 Å². The SMILES string of the molecule is c1ccc2cc(Cc3cn[nH]c3C3CCN(Cc4ccncc4)CC3)ccc2c1. The normalized spacial score (nSPS) is 15.7. The summed E-state index contributed by atoms with van der Waals surface area (Å²) in [5, 5.41) is 10.3. The van der Waals surface area contributed by atoms with Crippen LogP contribution in [0.25, 0.3) is 10.8 Å². The molecule has 1 saturated heterocycles. The Kier molecular flexibility index (Phi) is 5.10. The molecule has 1 N–H and O–H groups in total. The Hall–Kier alpha value is -2.98. The number of rotatable bonds is 5. The first kappa shape index (κ1) is 18.1. The third-order valence-corrected chi connectivity index (χ3v) is 6.11. The van der Waals surface area contributed by atoms with E-state index in [-0.39, 0.29) is 0 Å². The molecule has 0 radical (unpaired) electrons. The molecule has 0 amide bonds. The second kappa shape index (κ2) is 8.18. The van der Waals surface area contributed by atoms with Crippen molar-refractivity contribution < 1.29 is 0 Å². The summed E-state index contributed by atoms with van der Waals surface area (Å²) in [6.45, 7) is 3.27.